The number of aromatic nitrogens is 2. The second-order valence-corrected chi connectivity index (χ2v) is 6.21. The smallest absolute Gasteiger partial charge is 0.358 e. The van der Waals surface area contributed by atoms with Gasteiger partial charge in [0.05, 0.1) is 0 Å². The van der Waals surface area contributed by atoms with Gasteiger partial charge in [-0.15, -0.1) is 0 Å². The van der Waals surface area contributed by atoms with Crippen molar-refractivity contribution in [1.29, 1.82) is 0 Å². The first-order valence-electron chi connectivity index (χ1n) is 8.09. The van der Waals surface area contributed by atoms with Crippen LogP contribution in [0.4, 0.5) is 11.6 Å². The van der Waals surface area contributed by atoms with E-state index in [9.17, 15) is 10.1 Å². The van der Waals surface area contributed by atoms with Crippen LogP contribution in [0.2, 0.25) is 0 Å². The Kier molecular flexibility index (Phi) is 4.60. The molecule has 0 atom stereocenters. The number of nitro groups is 1. The summed E-state index contributed by atoms with van der Waals surface area (Å²) in [5, 5.41) is 11.1. The average Bonchev–Trinajstić information content (AvgIpc) is 2.96. The number of benzene rings is 1. The number of hydrogen-bond acceptors (Lipinski definition) is 4. The number of aryl methyl sites for hydroxylation is 2. The molecule has 0 unspecified atom stereocenters. The number of piperidine rings is 1. The molecule has 1 aromatic carbocycles. The lowest BCUT2D eigenvalue weighted by Gasteiger charge is -2.32. The maximum Gasteiger partial charge on any atom is 0.406 e. The quantitative estimate of drug-likeness (QED) is 0.628. The van der Waals surface area contributed by atoms with Crippen LogP contribution in [0.1, 0.15) is 24.8 Å². The van der Waals surface area contributed by atoms with Crippen LogP contribution in [0.5, 0.6) is 0 Å². The minimum absolute atomic E-state index is 0.0322. The Balaban J connectivity index is 1.56. The molecule has 1 aromatic heterocycles. The second-order valence-electron chi connectivity index (χ2n) is 6.21. The first-order valence-corrected chi connectivity index (χ1v) is 8.09. The molecule has 0 saturated carbocycles. The van der Waals surface area contributed by atoms with E-state index in [1.165, 1.54) is 18.3 Å². The molecule has 0 spiro atoms. The lowest BCUT2D eigenvalue weighted by molar-refractivity contribution is -0.388. The van der Waals surface area contributed by atoms with Crippen LogP contribution >= 0.6 is 0 Å². The van der Waals surface area contributed by atoms with Crippen LogP contribution in [0.3, 0.4) is 0 Å². The Labute approximate surface area is 135 Å². The van der Waals surface area contributed by atoms with Crippen molar-refractivity contribution in [1.82, 2.24) is 9.55 Å². The second kappa shape index (κ2) is 6.81. The molecule has 6 heteroatoms. The van der Waals surface area contributed by atoms with Gasteiger partial charge in [-0.25, -0.2) is 0 Å². The Hall–Kier alpha value is -2.37. The average molecular weight is 314 g/mol. The number of rotatable bonds is 5. The number of nitrogens with zero attached hydrogens (tertiary/aromatic N) is 4. The fraction of sp³-hybridized carbons (Fsp3) is 0.471. The lowest BCUT2D eigenvalue weighted by atomic mass is 9.90. The SMILES string of the molecule is Cn1cnc([N+](=O)[O-])c1N1CCC(CCc2ccccc2)CC1. The normalized spacial score (nSPS) is 15.8. The summed E-state index contributed by atoms with van der Waals surface area (Å²) in [6.45, 7) is 1.72. The summed E-state index contributed by atoms with van der Waals surface area (Å²) < 4.78 is 1.75. The van der Waals surface area contributed by atoms with E-state index in [1.807, 2.05) is 13.1 Å². The molecule has 1 fully saturated rings. The Morgan fingerprint density at radius 2 is 1.96 bits per heavy atom. The maximum absolute atomic E-state index is 11.1. The third-order valence-corrected chi connectivity index (χ3v) is 4.66. The molecule has 2 aromatic rings. The molecule has 0 bridgehead atoms. The third kappa shape index (κ3) is 3.52. The highest BCUT2D eigenvalue weighted by Gasteiger charge is 2.28. The minimum atomic E-state index is -0.392. The van der Waals surface area contributed by atoms with Gasteiger partial charge in [0.25, 0.3) is 0 Å². The molecule has 1 aliphatic rings. The van der Waals surface area contributed by atoms with Crippen LogP contribution in [-0.2, 0) is 13.5 Å². The van der Waals surface area contributed by atoms with E-state index in [1.54, 1.807) is 4.57 Å². The van der Waals surface area contributed by atoms with Gasteiger partial charge >= 0.3 is 5.82 Å². The summed E-state index contributed by atoms with van der Waals surface area (Å²) >= 11 is 0. The number of imidazole rings is 1. The van der Waals surface area contributed by atoms with E-state index in [-0.39, 0.29) is 5.82 Å². The van der Waals surface area contributed by atoms with Crippen molar-refractivity contribution in [2.75, 3.05) is 18.0 Å². The van der Waals surface area contributed by atoms with Gasteiger partial charge in [0.15, 0.2) is 0 Å². The molecule has 1 aliphatic heterocycles. The highest BCUT2D eigenvalue weighted by molar-refractivity contribution is 5.54. The van der Waals surface area contributed by atoms with Gasteiger partial charge in [0.2, 0.25) is 12.1 Å². The molecule has 122 valence electrons. The summed E-state index contributed by atoms with van der Waals surface area (Å²) in [4.78, 5) is 16.7. The Bertz CT molecular complexity index is 660. The molecule has 0 radical (unpaired) electrons. The summed E-state index contributed by atoms with van der Waals surface area (Å²) in [5.74, 6) is 1.30. The van der Waals surface area contributed by atoms with Crippen molar-refractivity contribution in [2.24, 2.45) is 13.0 Å². The Morgan fingerprint density at radius 1 is 1.26 bits per heavy atom. The van der Waals surface area contributed by atoms with Crippen LogP contribution in [0.15, 0.2) is 36.7 Å². The Morgan fingerprint density at radius 3 is 2.61 bits per heavy atom. The molecular weight excluding hydrogens is 292 g/mol. The number of hydrogen-bond donors (Lipinski definition) is 0. The van der Waals surface area contributed by atoms with Gasteiger partial charge in [-0.3, -0.25) is 4.57 Å². The highest BCUT2D eigenvalue weighted by Crippen LogP contribution is 2.31. The van der Waals surface area contributed by atoms with Gasteiger partial charge < -0.3 is 15.0 Å². The standard InChI is InChI=1S/C17H22N4O2/c1-19-13-18-16(21(22)23)17(19)20-11-9-15(10-12-20)8-7-14-5-3-2-4-6-14/h2-6,13,15H,7-12H2,1H3. The van der Waals surface area contributed by atoms with Crippen LogP contribution in [0.25, 0.3) is 0 Å². The van der Waals surface area contributed by atoms with Crippen molar-refractivity contribution in [3.05, 3.63) is 52.3 Å². The summed E-state index contributed by atoms with van der Waals surface area (Å²) in [6.07, 6.45) is 5.97. The van der Waals surface area contributed by atoms with Crippen molar-refractivity contribution in [3.8, 4) is 0 Å². The van der Waals surface area contributed by atoms with Crippen molar-refractivity contribution >= 4 is 11.6 Å². The molecule has 0 aliphatic carbocycles. The van der Waals surface area contributed by atoms with E-state index in [0.29, 0.717) is 11.7 Å². The fourth-order valence-corrected chi connectivity index (χ4v) is 3.35. The van der Waals surface area contributed by atoms with Crippen LogP contribution < -0.4 is 4.90 Å². The van der Waals surface area contributed by atoms with E-state index >= 15 is 0 Å². The zero-order valence-electron chi connectivity index (χ0n) is 13.4. The highest BCUT2D eigenvalue weighted by atomic mass is 16.6. The largest absolute Gasteiger partial charge is 0.406 e. The van der Waals surface area contributed by atoms with E-state index in [2.05, 4.69) is 34.1 Å². The van der Waals surface area contributed by atoms with Gasteiger partial charge in [-0.1, -0.05) is 30.3 Å². The monoisotopic (exact) mass is 314 g/mol. The van der Waals surface area contributed by atoms with Crippen molar-refractivity contribution in [2.45, 2.75) is 25.7 Å². The lowest BCUT2D eigenvalue weighted by Crippen LogP contribution is -2.35. The molecule has 23 heavy (non-hydrogen) atoms. The topological polar surface area (TPSA) is 64.2 Å². The zero-order valence-corrected chi connectivity index (χ0v) is 13.4. The predicted octanol–water partition coefficient (Wildman–Crippen LogP) is 3.18. The molecule has 3 rings (SSSR count). The maximum atomic E-state index is 11.1. The molecule has 1 saturated heterocycles. The van der Waals surface area contributed by atoms with Gasteiger partial charge in [0, 0.05) is 20.1 Å². The summed E-state index contributed by atoms with van der Waals surface area (Å²) in [5.41, 5.74) is 1.39. The fourth-order valence-electron chi connectivity index (χ4n) is 3.35. The van der Waals surface area contributed by atoms with Gasteiger partial charge in [0.1, 0.15) is 0 Å². The minimum Gasteiger partial charge on any atom is -0.358 e. The van der Waals surface area contributed by atoms with Gasteiger partial charge in [-0.2, -0.15) is 0 Å². The predicted molar refractivity (Wildman–Crippen MR) is 89.6 cm³/mol. The van der Waals surface area contributed by atoms with Gasteiger partial charge in [-0.05, 0) is 47.1 Å². The van der Waals surface area contributed by atoms with E-state index in [0.717, 1.165) is 32.4 Å². The van der Waals surface area contributed by atoms with E-state index in [4.69, 9.17) is 0 Å². The first-order chi connectivity index (χ1) is 11.1. The summed E-state index contributed by atoms with van der Waals surface area (Å²) in [6, 6.07) is 10.6. The molecule has 0 N–H and O–H groups in total. The third-order valence-electron chi connectivity index (χ3n) is 4.66. The van der Waals surface area contributed by atoms with Crippen LogP contribution in [0, 0.1) is 16.0 Å². The van der Waals surface area contributed by atoms with Crippen molar-refractivity contribution in [3.63, 3.8) is 0 Å². The molecule has 6 nitrogen and oxygen atoms in total. The molecule has 2 heterocycles. The molecular formula is C17H22N4O2. The van der Waals surface area contributed by atoms with Crippen LogP contribution in [-0.4, -0.2) is 27.6 Å². The molecule has 0 amide bonds. The van der Waals surface area contributed by atoms with Crippen molar-refractivity contribution < 1.29 is 4.92 Å². The first kappa shape index (κ1) is 15.5. The van der Waals surface area contributed by atoms with E-state index < -0.39 is 4.92 Å². The summed E-state index contributed by atoms with van der Waals surface area (Å²) in [7, 11) is 1.82. The zero-order chi connectivity index (χ0) is 16.2. The number of anilines is 1.